The highest BCUT2D eigenvalue weighted by Crippen LogP contribution is 2.20. The van der Waals surface area contributed by atoms with Gasteiger partial charge in [-0.25, -0.2) is 0 Å². The first kappa shape index (κ1) is 90.1. The molecule has 0 aromatic rings. The summed E-state index contributed by atoms with van der Waals surface area (Å²) >= 11 is 0. The third kappa shape index (κ3) is 77.1. The fraction of sp³-hybridized carbons (Fsp3) is 0.907. The first-order valence-corrected chi connectivity index (χ1v) is 42.2. The zero-order valence-electron chi connectivity index (χ0n) is 62.6. The lowest BCUT2D eigenvalue weighted by Gasteiger charge is -2.22. The third-order valence-electron chi connectivity index (χ3n) is 19.9. The van der Waals surface area contributed by atoms with Crippen molar-refractivity contribution in [2.45, 2.75) is 488 Å². The summed E-state index contributed by atoms with van der Waals surface area (Å²) in [6, 6.07) is -0.541. The number of aliphatic hydroxyl groups is 2. The van der Waals surface area contributed by atoms with Crippen molar-refractivity contribution in [3.8, 4) is 0 Å². The van der Waals surface area contributed by atoms with Gasteiger partial charge in [-0.05, 0) is 77.0 Å². The normalized spacial score (nSPS) is 12.6. The number of allylic oxidation sites excluding steroid dienone is 6. The number of carbonyl (C=O) groups excluding carboxylic acids is 2. The van der Waals surface area contributed by atoms with E-state index in [0.29, 0.717) is 25.9 Å². The molecule has 0 aliphatic heterocycles. The van der Waals surface area contributed by atoms with Gasteiger partial charge in [-0.2, -0.15) is 0 Å². The fourth-order valence-electron chi connectivity index (χ4n) is 13.5. The summed E-state index contributed by atoms with van der Waals surface area (Å²) < 4.78 is 5.47. The van der Waals surface area contributed by atoms with Gasteiger partial charge in [-0.3, -0.25) is 9.59 Å². The number of aliphatic hydroxyl groups excluding tert-OH is 2. The number of amides is 1. The smallest absolute Gasteiger partial charge is 0.305 e. The average molecular weight is 1290 g/mol. The molecule has 6 nitrogen and oxygen atoms in total. The molecule has 2 unspecified atom stereocenters. The molecule has 544 valence electrons. The number of unbranched alkanes of at least 4 members (excludes halogenated alkanes) is 63. The van der Waals surface area contributed by atoms with E-state index in [1.54, 1.807) is 0 Å². The molecule has 0 rings (SSSR count). The molecule has 92 heavy (non-hydrogen) atoms. The molecule has 0 aromatic heterocycles. The molecule has 0 aliphatic carbocycles. The number of carbonyl (C=O) groups is 2. The van der Waals surface area contributed by atoms with Crippen LogP contribution in [0.1, 0.15) is 476 Å². The van der Waals surface area contributed by atoms with Crippen molar-refractivity contribution < 1.29 is 24.5 Å². The van der Waals surface area contributed by atoms with Crippen LogP contribution in [0.5, 0.6) is 0 Å². The Bertz CT molecular complexity index is 1490. The van der Waals surface area contributed by atoms with Crippen LogP contribution in [0.4, 0.5) is 0 Å². The van der Waals surface area contributed by atoms with E-state index in [1.807, 2.05) is 0 Å². The average Bonchev–Trinajstić information content (AvgIpc) is 3.77. The van der Waals surface area contributed by atoms with E-state index in [1.165, 1.54) is 392 Å². The number of ether oxygens (including phenoxy) is 1. The Morgan fingerprint density at radius 3 is 0.870 bits per heavy atom. The van der Waals surface area contributed by atoms with Crippen molar-refractivity contribution in [3.63, 3.8) is 0 Å². The van der Waals surface area contributed by atoms with Gasteiger partial charge in [-0.15, -0.1) is 0 Å². The summed E-state index contributed by atoms with van der Waals surface area (Å²) in [5.41, 5.74) is 0. The number of nitrogens with one attached hydrogen (secondary N) is 1. The van der Waals surface area contributed by atoms with E-state index in [0.717, 1.165) is 51.4 Å². The van der Waals surface area contributed by atoms with E-state index in [2.05, 4.69) is 55.6 Å². The summed E-state index contributed by atoms with van der Waals surface area (Å²) in [6.45, 7) is 4.97. The van der Waals surface area contributed by atoms with Crippen molar-refractivity contribution in [2.75, 3.05) is 13.2 Å². The summed E-state index contributed by atoms with van der Waals surface area (Å²) in [7, 11) is 0. The van der Waals surface area contributed by atoms with E-state index in [9.17, 15) is 19.8 Å². The second kappa shape index (κ2) is 81.5. The van der Waals surface area contributed by atoms with Crippen LogP contribution in [-0.4, -0.2) is 47.4 Å². The van der Waals surface area contributed by atoms with E-state index in [4.69, 9.17) is 4.74 Å². The molecule has 0 radical (unpaired) electrons. The van der Waals surface area contributed by atoms with Gasteiger partial charge in [0.15, 0.2) is 0 Å². The Hall–Kier alpha value is -1.92. The Kier molecular flexibility index (Phi) is 79.8. The molecule has 2 atom stereocenters. The monoisotopic (exact) mass is 1290 g/mol. The molecule has 0 heterocycles. The molecule has 0 fully saturated rings. The number of esters is 1. The highest BCUT2D eigenvalue weighted by atomic mass is 16.5. The standard InChI is InChI=1S/C86H165NO5/c1-3-5-7-9-11-13-15-16-17-18-19-20-21-37-40-43-46-49-52-55-59-62-66-70-74-78-84(89)83(82-88)87-85(90)79-75-71-67-63-60-56-53-50-47-44-41-38-35-33-31-29-27-25-23-22-24-26-28-30-32-34-36-39-42-45-48-51-54-57-61-65-69-73-77-81-92-86(91)80-76-72-68-64-58-14-12-10-8-6-4-2/h10,12,22-23,26,28,83-84,88-89H,3-9,11,13-21,24-25,27,29-82H2,1-2H3,(H,87,90)/b12-10-,23-22-,28-26-. The van der Waals surface area contributed by atoms with Gasteiger partial charge in [0.05, 0.1) is 25.4 Å². The molecular weight excluding hydrogens is 1130 g/mol. The van der Waals surface area contributed by atoms with Crippen molar-refractivity contribution in [2.24, 2.45) is 0 Å². The molecule has 1 amide bonds. The third-order valence-corrected chi connectivity index (χ3v) is 19.9. The van der Waals surface area contributed by atoms with Crippen LogP contribution < -0.4 is 5.32 Å². The SMILES string of the molecule is CCCC/C=C\CCCCCCCC(=O)OCCCCCCCCCCCCCCCCC/C=C\C/C=C\CCCCCCCCCCCCCCCCCCCC(=O)NC(CO)C(O)CCCCCCCCCCCCCCCCCCCCCCCCCCC. The summed E-state index contributed by atoms with van der Waals surface area (Å²) in [5.74, 6) is -0.0160. The Balaban J connectivity index is 3.36. The van der Waals surface area contributed by atoms with Gasteiger partial charge >= 0.3 is 5.97 Å². The van der Waals surface area contributed by atoms with Gasteiger partial charge in [0.2, 0.25) is 5.91 Å². The minimum atomic E-state index is -0.664. The van der Waals surface area contributed by atoms with Crippen LogP contribution in [0.2, 0.25) is 0 Å². The zero-order chi connectivity index (χ0) is 66.3. The second-order valence-corrected chi connectivity index (χ2v) is 29.2. The van der Waals surface area contributed by atoms with E-state index >= 15 is 0 Å². The Morgan fingerprint density at radius 1 is 0.304 bits per heavy atom. The highest BCUT2D eigenvalue weighted by molar-refractivity contribution is 5.76. The Labute approximate surface area is 576 Å². The molecule has 6 heteroatoms. The van der Waals surface area contributed by atoms with E-state index < -0.39 is 12.1 Å². The lowest BCUT2D eigenvalue weighted by molar-refractivity contribution is -0.143. The predicted molar refractivity (Wildman–Crippen MR) is 407 cm³/mol. The van der Waals surface area contributed by atoms with E-state index in [-0.39, 0.29) is 18.5 Å². The molecule has 3 N–H and O–H groups in total. The highest BCUT2D eigenvalue weighted by Gasteiger charge is 2.20. The van der Waals surface area contributed by atoms with Crippen LogP contribution >= 0.6 is 0 Å². The van der Waals surface area contributed by atoms with Crippen molar-refractivity contribution >= 4 is 11.9 Å². The largest absolute Gasteiger partial charge is 0.466 e. The van der Waals surface area contributed by atoms with Crippen molar-refractivity contribution in [3.05, 3.63) is 36.5 Å². The maximum Gasteiger partial charge on any atom is 0.305 e. The molecule has 0 spiro atoms. The van der Waals surface area contributed by atoms with Gasteiger partial charge in [0, 0.05) is 12.8 Å². The first-order chi connectivity index (χ1) is 45.5. The minimum Gasteiger partial charge on any atom is -0.466 e. The molecule has 0 saturated heterocycles. The van der Waals surface area contributed by atoms with Gasteiger partial charge in [0.25, 0.3) is 0 Å². The van der Waals surface area contributed by atoms with Crippen molar-refractivity contribution in [1.82, 2.24) is 5.32 Å². The summed E-state index contributed by atoms with van der Waals surface area (Å²) in [6.07, 6.45) is 107. The zero-order valence-corrected chi connectivity index (χ0v) is 62.6. The summed E-state index contributed by atoms with van der Waals surface area (Å²) in [4.78, 5) is 24.6. The fourth-order valence-corrected chi connectivity index (χ4v) is 13.5. The second-order valence-electron chi connectivity index (χ2n) is 29.2. The quantitative estimate of drug-likeness (QED) is 0.0320. The van der Waals surface area contributed by atoms with Crippen LogP contribution in [0, 0.1) is 0 Å². The van der Waals surface area contributed by atoms with Crippen LogP contribution in [-0.2, 0) is 14.3 Å². The van der Waals surface area contributed by atoms with Crippen LogP contribution in [0.3, 0.4) is 0 Å². The van der Waals surface area contributed by atoms with Crippen LogP contribution in [0.15, 0.2) is 36.5 Å². The number of hydrogen-bond donors (Lipinski definition) is 3. The lowest BCUT2D eigenvalue weighted by Crippen LogP contribution is -2.45. The van der Waals surface area contributed by atoms with Crippen LogP contribution in [0.25, 0.3) is 0 Å². The molecular formula is C86H165NO5. The maximum atomic E-state index is 12.6. The maximum absolute atomic E-state index is 12.6. The molecule has 0 bridgehead atoms. The van der Waals surface area contributed by atoms with Gasteiger partial charge in [0.1, 0.15) is 0 Å². The lowest BCUT2D eigenvalue weighted by atomic mass is 10.0. The molecule has 0 aromatic carbocycles. The first-order valence-electron chi connectivity index (χ1n) is 42.2. The predicted octanol–water partition coefficient (Wildman–Crippen LogP) is 28.2. The van der Waals surface area contributed by atoms with Gasteiger partial charge < -0.3 is 20.3 Å². The Morgan fingerprint density at radius 2 is 0.554 bits per heavy atom. The number of hydrogen-bond acceptors (Lipinski definition) is 5. The van der Waals surface area contributed by atoms with Gasteiger partial charge in [-0.1, -0.05) is 423 Å². The topological polar surface area (TPSA) is 95.9 Å². The molecule has 0 aliphatic rings. The summed E-state index contributed by atoms with van der Waals surface area (Å²) in [5, 5.41) is 23.5. The van der Waals surface area contributed by atoms with Crippen molar-refractivity contribution in [1.29, 1.82) is 0 Å². The number of rotatable bonds is 80. The molecule has 0 saturated carbocycles. The minimum absolute atomic E-state index is 0.00983.